The van der Waals surface area contributed by atoms with Crippen LogP contribution in [-0.2, 0) is 14.8 Å². The summed E-state index contributed by atoms with van der Waals surface area (Å²) in [7, 11) is -3.09. The Labute approximate surface area is 97.2 Å². The molecule has 0 aromatic rings. The molecule has 6 heteroatoms. The summed E-state index contributed by atoms with van der Waals surface area (Å²) in [4.78, 5) is 0. The van der Waals surface area contributed by atoms with E-state index in [9.17, 15) is 8.42 Å². The molecule has 2 bridgehead atoms. The number of sulfonamides is 1. The number of rotatable bonds is 5. The molecule has 1 N–H and O–H groups in total. The quantitative estimate of drug-likeness (QED) is 0.684. The fraction of sp³-hybridized carbons (Fsp3) is 1.00. The van der Waals surface area contributed by atoms with Crippen molar-refractivity contribution in [2.75, 3.05) is 31.9 Å². The van der Waals surface area contributed by atoms with Crippen LogP contribution >= 0.6 is 0 Å². The molecule has 2 saturated heterocycles. The Morgan fingerprint density at radius 3 is 2.50 bits per heavy atom. The molecule has 0 aliphatic carbocycles. The first kappa shape index (κ1) is 12.3. The number of nitrogens with one attached hydrogen (secondary N) is 1. The van der Waals surface area contributed by atoms with E-state index in [-0.39, 0.29) is 18.0 Å². The number of nitrogens with zero attached hydrogens (tertiary/aromatic N) is 1. The lowest BCUT2D eigenvalue weighted by molar-refractivity contribution is -0.0114. The molecule has 2 aliphatic rings. The Balaban J connectivity index is 1.91. The van der Waals surface area contributed by atoms with Crippen LogP contribution in [0.1, 0.15) is 19.8 Å². The van der Waals surface area contributed by atoms with Crippen molar-refractivity contribution in [3.63, 3.8) is 0 Å². The number of hydrogen-bond donors (Lipinski definition) is 1. The van der Waals surface area contributed by atoms with E-state index in [0.717, 1.165) is 19.4 Å². The summed E-state index contributed by atoms with van der Waals surface area (Å²) >= 11 is 0. The second kappa shape index (κ2) is 5.00. The molecule has 16 heavy (non-hydrogen) atoms. The first-order chi connectivity index (χ1) is 7.62. The molecule has 0 amide bonds. The highest BCUT2D eigenvalue weighted by atomic mass is 32.2. The van der Waals surface area contributed by atoms with Gasteiger partial charge >= 0.3 is 0 Å². The molecule has 0 spiro atoms. The zero-order valence-corrected chi connectivity index (χ0v) is 10.5. The molecule has 2 fully saturated rings. The summed E-state index contributed by atoms with van der Waals surface area (Å²) in [6.07, 6.45) is 2.27. The number of fused-ring (bicyclic) bond motifs is 2. The molecule has 0 aromatic carbocycles. The molecule has 2 heterocycles. The van der Waals surface area contributed by atoms with Gasteiger partial charge in [-0.2, -0.15) is 4.31 Å². The second-order valence-electron chi connectivity index (χ2n) is 4.44. The van der Waals surface area contributed by atoms with E-state index in [1.165, 1.54) is 0 Å². The molecule has 94 valence electrons. The Morgan fingerprint density at radius 2 is 1.94 bits per heavy atom. The lowest BCUT2D eigenvalue weighted by Gasteiger charge is -2.31. The van der Waals surface area contributed by atoms with Crippen LogP contribution in [0, 0.1) is 0 Å². The zero-order chi connectivity index (χ0) is 11.6. The first-order valence-electron chi connectivity index (χ1n) is 5.96. The van der Waals surface area contributed by atoms with Crippen molar-refractivity contribution >= 4 is 10.0 Å². The summed E-state index contributed by atoms with van der Waals surface area (Å²) in [6, 6.07) is 0. The highest BCUT2D eigenvalue weighted by molar-refractivity contribution is 7.89. The Morgan fingerprint density at radius 1 is 1.31 bits per heavy atom. The molecule has 2 aliphatic heterocycles. The molecular formula is C10H20N2O3S. The average Bonchev–Trinajstić information content (AvgIpc) is 2.58. The molecule has 2 unspecified atom stereocenters. The van der Waals surface area contributed by atoms with Crippen molar-refractivity contribution < 1.29 is 13.2 Å². The minimum absolute atomic E-state index is 0.132. The Hall–Kier alpha value is -0.170. The van der Waals surface area contributed by atoms with Crippen molar-refractivity contribution in [3.8, 4) is 0 Å². The van der Waals surface area contributed by atoms with Gasteiger partial charge in [0.2, 0.25) is 10.0 Å². The van der Waals surface area contributed by atoms with E-state index in [1.807, 2.05) is 6.92 Å². The van der Waals surface area contributed by atoms with Crippen LogP contribution in [0.3, 0.4) is 0 Å². The van der Waals surface area contributed by atoms with E-state index in [2.05, 4.69) is 5.32 Å². The van der Waals surface area contributed by atoms with Crippen LogP contribution in [0.5, 0.6) is 0 Å². The second-order valence-corrected chi connectivity index (χ2v) is 6.53. The van der Waals surface area contributed by atoms with Crippen molar-refractivity contribution in [2.45, 2.75) is 32.0 Å². The zero-order valence-electron chi connectivity index (χ0n) is 9.68. The van der Waals surface area contributed by atoms with Gasteiger partial charge in [-0.15, -0.1) is 0 Å². The van der Waals surface area contributed by atoms with Gasteiger partial charge in [0, 0.05) is 19.6 Å². The fourth-order valence-electron chi connectivity index (χ4n) is 2.31. The van der Waals surface area contributed by atoms with E-state index < -0.39 is 10.0 Å². The van der Waals surface area contributed by atoms with Gasteiger partial charge in [-0.05, 0) is 19.4 Å². The van der Waals surface area contributed by atoms with Crippen LogP contribution in [0.4, 0.5) is 0 Å². The molecular weight excluding hydrogens is 228 g/mol. The minimum atomic E-state index is -3.09. The number of morpholine rings is 1. The van der Waals surface area contributed by atoms with Crippen molar-refractivity contribution in [1.82, 2.24) is 9.62 Å². The van der Waals surface area contributed by atoms with Crippen LogP contribution < -0.4 is 5.32 Å². The Bertz CT molecular complexity index is 319. The third-order valence-electron chi connectivity index (χ3n) is 3.19. The fourth-order valence-corrected chi connectivity index (χ4v) is 3.76. The lowest BCUT2D eigenvalue weighted by Crippen LogP contribution is -2.47. The van der Waals surface area contributed by atoms with Gasteiger partial charge in [-0.1, -0.05) is 6.92 Å². The van der Waals surface area contributed by atoms with E-state index in [1.54, 1.807) is 4.31 Å². The summed E-state index contributed by atoms with van der Waals surface area (Å²) in [5.74, 6) is 0.195. The van der Waals surface area contributed by atoms with Gasteiger partial charge in [0.15, 0.2) is 0 Å². The summed E-state index contributed by atoms with van der Waals surface area (Å²) < 4.78 is 31.3. The third-order valence-corrected chi connectivity index (χ3v) is 5.00. The maximum absolute atomic E-state index is 12.0. The molecule has 2 atom stereocenters. The van der Waals surface area contributed by atoms with Crippen LogP contribution in [0.2, 0.25) is 0 Å². The smallest absolute Gasteiger partial charge is 0.215 e. The normalized spacial score (nSPS) is 30.8. The average molecular weight is 248 g/mol. The Kier molecular flexibility index (Phi) is 3.84. The maximum atomic E-state index is 12.0. The predicted octanol–water partition coefficient (Wildman–Crippen LogP) is -0.211. The molecule has 0 aromatic heterocycles. The molecule has 0 radical (unpaired) electrons. The maximum Gasteiger partial charge on any atom is 0.215 e. The number of hydrogen-bond acceptors (Lipinski definition) is 4. The largest absolute Gasteiger partial charge is 0.372 e. The monoisotopic (exact) mass is 248 g/mol. The van der Waals surface area contributed by atoms with Gasteiger partial charge in [0.25, 0.3) is 0 Å². The van der Waals surface area contributed by atoms with Gasteiger partial charge in [0.05, 0.1) is 18.0 Å². The van der Waals surface area contributed by atoms with Gasteiger partial charge < -0.3 is 10.1 Å². The van der Waals surface area contributed by atoms with E-state index >= 15 is 0 Å². The standard InChI is InChI=1S/C10H20N2O3S/c1-2-11-5-6-16(13,14)12-7-9-3-4-10(8-12)15-9/h9-11H,2-8H2,1H3. The molecule has 5 nitrogen and oxygen atoms in total. The molecule has 0 saturated carbocycles. The topological polar surface area (TPSA) is 58.6 Å². The van der Waals surface area contributed by atoms with Crippen molar-refractivity contribution in [3.05, 3.63) is 0 Å². The summed E-state index contributed by atoms with van der Waals surface area (Å²) in [5.41, 5.74) is 0. The van der Waals surface area contributed by atoms with Gasteiger partial charge in [0.1, 0.15) is 0 Å². The van der Waals surface area contributed by atoms with E-state index in [4.69, 9.17) is 4.74 Å². The SMILES string of the molecule is CCNCCS(=O)(=O)N1CC2CCC(C1)O2. The lowest BCUT2D eigenvalue weighted by atomic mass is 10.2. The van der Waals surface area contributed by atoms with E-state index in [0.29, 0.717) is 19.6 Å². The van der Waals surface area contributed by atoms with Crippen LogP contribution in [0.25, 0.3) is 0 Å². The summed E-state index contributed by atoms with van der Waals surface area (Å²) in [5, 5.41) is 3.04. The van der Waals surface area contributed by atoms with Gasteiger partial charge in [-0.3, -0.25) is 0 Å². The predicted molar refractivity (Wildman–Crippen MR) is 61.8 cm³/mol. The highest BCUT2D eigenvalue weighted by Gasteiger charge is 2.38. The summed E-state index contributed by atoms with van der Waals surface area (Å²) in [6.45, 7) is 4.41. The number of ether oxygens (including phenoxy) is 1. The third kappa shape index (κ3) is 2.74. The minimum Gasteiger partial charge on any atom is -0.372 e. The van der Waals surface area contributed by atoms with Crippen LogP contribution in [-0.4, -0.2) is 56.9 Å². The highest BCUT2D eigenvalue weighted by Crippen LogP contribution is 2.27. The van der Waals surface area contributed by atoms with Crippen LogP contribution in [0.15, 0.2) is 0 Å². The van der Waals surface area contributed by atoms with Crippen molar-refractivity contribution in [1.29, 1.82) is 0 Å². The first-order valence-corrected chi connectivity index (χ1v) is 7.56. The molecule has 2 rings (SSSR count). The van der Waals surface area contributed by atoms with Gasteiger partial charge in [-0.25, -0.2) is 8.42 Å². The van der Waals surface area contributed by atoms with Crippen molar-refractivity contribution in [2.24, 2.45) is 0 Å².